The number of esters is 1. The lowest BCUT2D eigenvalue weighted by atomic mass is 9.98. The molecule has 0 unspecified atom stereocenters. The lowest BCUT2D eigenvalue weighted by molar-refractivity contribution is -0.148. The maximum Gasteiger partial charge on any atom is 0.309 e. The number of hydrogen-bond acceptors (Lipinski definition) is 6. The third-order valence-electron chi connectivity index (χ3n) is 6.21. The molecule has 8 nitrogen and oxygen atoms in total. The third-order valence-corrected chi connectivity index (χ3v) is 8.09. The van der Waals surface area contributed by atoms with E-state index in [1.807, 2.05) is 19.9 Å². The summed E-state index contributed by atoms with van der Waals surface area (Å²) in [5, 5.41) is 0. The van der Waals surface area contributed by atoms with Gasteiger partial charge in [0, 0.05) is 49.0 Å². The molecule has 0 radical (unpaired) electrons. The van der Waals surface area contributed by atoms with E-state index >= 15 is 0 Å². The fourth-order valence-corrected chi connectivity index (χ4v) is 5.56. The Morgan fingerprint density at radius 2 is 1.91 bits per heavy atom. The molecule has 0 aliphatic carbocycles. The van der Waals surface area contributed by atoms with E-state index in [2.05, 4.69) is 23.4 Å². The molecule has 0 saturated carbocycles. The molecule has 0 N–H and O–H groups in total. The van der Waals surface area contributed by atoms with Gasteiger partial charge in [-0.3, -0.25) is 14.6 Å². The number of ether oxygens (including phenoxy) is 1. The first-order valence-corrected chi connectivity index (χ1v) is 12.8. The molecule has 3 heterocycles. The molecule has 0 bridgehead atoms. The van der Waals surface area contributed by atoms with Crippen LogP contribution in [-0.2, 0) is 26.1 Å². The van der Waals surface area contributed by atoms with E-state index in [1.54, 1.807) is 6.07 Å². The highest BCUT2D eigenvalue weighted by molar-refractivity contribution is 7.89. The molecule has 0 aromatic carbocycles. The number of aryl methyl sites for hydroxylation is 1. The maximum absolute atomic E-state index is 12.7. The minimum Gasteiger partial charge on any atom is -0.457 e. The molecule has 2 aromatic heterocycles. The van der Waals surface area contributed by atoms with E-state index in [1.165, 1.54) is 22.8 Å². The molecule has 2 aromatic rings. The summed E-state index contributed by atoms with van der Waals surface area (Å²) in [6.45, 7) is 9.22. The lowest BCUT2D eigenvalue weighted by Gasteiger charge is -2.29. The zero-order valence-corrected chi connectivity index (χ0v) is 20.6. The summed E-state index contributed by atoms with van der Waals surface area (Å²) < 4.78 is 34.2. The second-order valence-electron chi connectivity index (χ2n) is 9.02. The van der Waals surface area contributed by atoms with Crippen LogP contribution >= 0.6 is 0 Å². The molecule has 0 atom stereocenters. The van der Waals surface area contributed by atoms with Crippen LogP contribution in [0.2, 0.25) is 0 Å². The summed E-state index contributed by atoms with van der Waals surface area (Å²) in [5.41, 5.74) is 2.49. The first-order chi connectivity index (χ1) is 15.6. The summed E-state index contributed by atoms with van der Waals surface area (Å²) in [4.78, 5) is 29.3. The monoisotopic (exact) mass is 475 g/mol. The lowest BCUT2D eigenvalue weighted by Crippen LogP contribution is -2.40. The number of carbonyl (C=O) groups is 2. The molecule has 1 aliphatic rings. The van der Waals surface area contributed by atoms with Gasteiger partial charge in [0.15, 0.2) is 6.61 Å². The smallest absolute Gasteiger partial charge is 0.309 e. The minimum absolute atomic E-state index is 0.141. The van der Waals surface area contributed by atoms with E-state index in [9.17, 15) is 18.0 Å². The average molecular weight is 476 g/mol. The number of Topliss-reactive ketones (excluding diaryl/α,β-unsaturated/α-hetero) is 1. The first kappa shape index (κ1) is 25.1. The normalized spacial score (nSPS) is 15.7. The van der Waals surface area contributed by atoms with E-state index in [-0.39, 0.29) is 30.4 Å². The van der Waals surface area contributed by atoms with Crippen LogP contribution in [-0.4, -0.2) is 53.7 Å². The molecular weight excluding hydrogens is 442 g/mol. The second-order valence-corrected chi connectivity index (χ2v) is 11.0. The number of ketones is 1. The van der Waals surface area contributed by atoms with Crippen LogP contribution in [0.1, 0.15) is 54.9 Å². The highest BCUT2D eigenvalue weighted by atomic mass is 32.2. The zero-order chi connectivity index (χ0) is 24.2. The van der Waals surface area contributed by atoms with E-state index < -0.39 is 21.9 Å². The summed E-state index contributed by atoms with van der Waals surface area (Å²) in [7, 11) is -3.63. The van der Waals surface area contributed by atoms with Gasteiger partial charge in [0.2, 0.25) is 15.8 Å². The number of rotatable bonds is 9. The predicted octanol–water partition coefficient (Wildman–Crippen LogP) is 3.37. The molecular formula is C24H33N3O5S. The average Bonchev–Trinajstić information content (AvgIpc) is 3.09. The van der Waals surface area contributed by atoms with Crippen molar-refractivity contribution in [2.24, 2.45) is 11.8 Å². The van der Waals surface area contributed by atoms with Crippen LogP contribution in [0.5, 0.6) is 0 Å². The van der Waals surface area contributed by atoms with Crippen LogP contribution in [0.25, 0.3) is 0 Å². The van der Waals surface area contributed by atoms with Crippen LogP contribution in [0.4, 0.5) is 0 Å². The number of piperidine rings is 1. The summed E-state index contributed by atoms with van der Waals surface area (Å²) >= 11 is 0. The van der Waals surface area contributed by atoms with Gasteiger partial charge in [-0.05, 0) is 57.2 Å². The predicted molar refractivity (Wildman–Crippen MR) is 124 cm³/mol. The van der Waals surface area contributed by atoms with Crippen molar-refractivity contribution in [2.75, 3.05) is 19.7 Å². The summed E-state index contributed by atoms with van der Waals surface area (Å²) in [6, 6.07) is 4.94. The molecule has 3 rings (SSSR count). The van der Waals surface area contributed by atoms with E-state index in [0.29, 0.717) is 24.3 Å². The van der Waals surface area contributed by atoms with Gasteiger partial charge in [-0.2, -0.15) is 4.31 Å². The fraction of sp³-hybridized carbons (Fsp3) is 0.542. The topological polar surface area (TPSA) is 98.6 Å². The van der Waals surface area contributed by atoms with Gasteiger partial charge < -0.3 is 9.30 Å². The summed E-state index contributed by atoms with van der Waals surface area (Å²) in [5.74, 6) is -0.520. The van der Waals surface area contributed by atoms with Crippen molar-refractivity contribution >= 4 is 21.8 Å². The Bertz CT molecular complexity index is 1080. The maximum atomic E-state index is 12.7. The van der Waals surface area contributed by atoms with Gasteiger partial charge in [-0.25, -0.2) is 8.42 Å². The van der Waals surface area contributed by atoms with Crippen LogP contribution < -0.4 is 0 Å². The molecule has 0 spiro atoms. The van der Waals surface area contributed by atoms with Crippen LogP contribution in [0, 0.1) is 25.7 Å². The Balaban J connectivity index is 1.53. The summed E-state index contributed by atoms with van der Waals surface area (Å²) in [6.07, 6.45) is 4.58. The third kappa shape index (κ3) is 5.89. The minimum atomic E-state index is -3.63. The molecule has 180 valence electrons. The quantitative estimate of drug-likeness (QED) is 0.407. The van der Waals surface area contributed by atoms with Crippen molar-refractivity contribution in [3.63, 3.8) is 0 Å². The SMILES string of the molecule is Cc1cc(C(=O)COC(=O)C2CCN(S(=O)(=O)c3cccnc3)CC2)c(C)n1CCC(C)C. The molecule has 9 heteroatoms. The number of nitrogens with zero attached hydrogens (tertiary/aromatic N) is 3. The Morgan fingerprint density at radius 1 is 1.21 bits per heavy atom. The Morgan fingerprint density at radius 3 is 2.52 bits per heavy atom. The van der Waals surface area contributed by atoms with Gasteiger partial charge in [0.1, 0.15) is 4.90 Å². The molecule has 1 fully saturated rings. The number of aromatic nitrogens is 2. The standard InChI is InChI=1S/C24H33N3O5S/c1-17(2)7-13-27-18(3)14-22(19(27)4)23(28)16-32-24(29)20-8-11-26(12-9-20)33(30,31)21-6-5-10-25-15-21/h5-6,10,14-15,17,20H,7-9,11-13,16H2,1-4H3. The van der Waals surface area contributed by atoms with Crippen molar-refractivity contribution < 1.29 is 22.7 Å². The highest BCUT2D eigenvalue weighted by Crippen LogP contribution is 2.24. The largest absolute Gasteiger partial charge is 0.457 e. The Kier molecular flexibility index (Phi) is 8.07. The zero-order valence-electron chi connectivity index (χ0n) is 19.8. The van der Waals surface area contributed by atoms with Crippen molar-refractivity contribution in [2.45, 2.75) is 58.4 Å². The van der Waals surface area contributed by atoms with Gasteiger partial charge >= 0.3 is 5.97 Å². The van der Waals surface area contributed by atoms with Crippen molar-refractivity contribution in [1.82, 2.24) is 13.9 Å². The number of carbonyl (C=O) groups excluding carboxylic acids is 2. The van der Waals surface area contributed by atoms with Gasteiger partial charge in [-0.1, -0.05) is 13.8 Å². The van der Waals surface area contributed by atoms with Gasteiger partial charge in [0.25, 0.3) is 0 Å². The van der Waals surface area contributed by atoms with E-state index in [4.69, 9.17) is 4.74 Å². The van der Waals surface area contributed by atoms with Crippen LogP contribution in [0.15, 0.2) is 35.5 Å². The fourth-order valence-electron chi connectivity index (χ4n) is 4.13. The van der Waals surface area contributed by atoms with Gasteiger partial charge in [0.05, 0.1) is 5.92 Å². The Labute approximate surface area is 196 Å². The van der Waals surface area contributed by atoms with Gasteiger partial charge in [-0.15, -0.1) is 0 Å². The van der Waals surface area contributed by atoms with Crippen molar-refractivity contribution in [1.29, 1.82) is 0 Å². The molecule has 1 saturated heterocycles. The molecule has 1 aliphatic heterocycles. The van der Waals surface area contributed by atoms with Crippen LogP contribution in [0.3, 0.4) is 0 Å². The van der Waals surface area contributed by atoms with E-state index in [0.717, 1.165) is 24.4 Å². The van der Waals surface area contributed by atoms with Crippen molar-refractivity contribution in [3.05, 3.63) is 47.5 Å². The molecule has 0 amide bonds. The number of hydrogen-bond donors (Lipinski definition) is 0. The molecule has 33 heavy (non-hydrogen) atoms. The van der Waals surface area contributed by atoms with Crippen molar-refractivity contribution in [3.8, 4) is 0 Å². The first-order valence-electron chi connectivity index (χ1n) is 11.4. The number of sulfonamides is 1. The Hall–Kier alpha value is -2.52. The number of pyridine rings is 1. The second kappa shape index (κ2) is 10.6. The highest BCUT2D eigenvalue weighted by Gasteiger charge is 2.33.